The van der Waals surface area contributed by atoms with Crippen LogP contribution >= 0.6 is 0 Å². The molecule has 0 unspecified atom stereocenters. The minimum Gasteiger partial charge on any atom is -0.480 e. The molecule has 0 fully saturated rings. The lowest BCUT2D eigenvalue weighted by Crippen LogP contribution is -2.63. The number of hydrogen-bond acceptors (Lipinski definition) is 11. The van der Waals surface area contributed by atoms with Gasteiger partial charge in [-0.2, -0.15) is 0 Å². The van der Waals surface area contributed by atoms with E-state index < -0.39 is 95.8 Å². The summed E-state index contributed by atoms with van der Waals surface area (Å²) in [5.74, 6) is -6.33. The second kappa shape index (κ2) is 23.1. The molecule has 0 aliphatic carbocycles. The van der Waals surface area contributed by atoms with Crippen LogP contribution < -0.4 is 43.8 Å². The van der Waals surface area contributed by atoms with E-state index in [4.69, 9.17) is 17.2 Å². The Hall–Kier alpha value is -3.38. The number of carboxylic acid groups (broad SMARTS) is 1. The van der Waals surface area contributed by atoms with Crippen molar-refractivity contribution in [3.05, 3.63) is 0 Å². The smallest absolute Gasteiger partial charge is 0.326 e. The zero-order valence-corrected chi connectivity index (χ0v) is 29.2. The average molecular weight is 689 g/mol. The third-order valence-corrected chi connectivity index (χ3v) is 8.03. The van der Waals surface area contributed by atoms with Gasteiger partial charge in [-0.05, 0) is 70.9 Å². The predicted octanol–water partition coefficient (Wildman–Crippen LogP) is -2.46. The van der Waals surface area contributed by atoms with E-state index in [-0.39, 0.29) is 6.42 Å². The fourth-order valence-electron chi connectivity index (χ4n) is 4.69. The number of carbonyl (C=O) groups is 6. The Labute approximate surface area is 283 Å². The molecule has 0 aromatic rings. The minimum absolute atomic E-state index is 0.222. The molecule has 0 aromatic carbocycles. The molecular weight excluding hydrogens is 628 g/mol. The van der Waals surface area contributed by atoms with Gasteiger partial charge in [0.15, 0.2) is 0 Å². The molecule has 0 rings (SSSR count). The molecule has 0 aliphatic rings. The van der Waals surface area contributed by atoms with Crippen molar-refractivity contribution in [3.63, 3.8) is 0 Å². The standard InChI is InChI=1S/C31H60N8O9/c1-7-17(4)23(37-27(43)21(13-9-11-15-33)35-26(42)20(34)12-8-10-14-32)28(44)38-25(19(6)41)30(46)39-24(18(5)40)29(45)36-22(16(2)3)31(47)48/h16-25,40-41H,7-15,32-34H2,1-6H3,(H,35,42)(H,36,45)(H,37,43)(H,38,44)(H,39,46)(H,47,48)/t17-,18+,19+,20-,21-,22-,23-,24-,25-/m0/s1. The number of aliphatic hydroxyl groups is 2. The number of amides is 5. The number of carboxylic acids is 1. The minimum atomic E-state index is -1.64. The first-order valence-corrected chi connectivity index (χ1v) is 16.7. The molecule has 0 saturated carbocycles. The summed E-state index contributed by atoms with van der Waals surface area (Å²) in [4.78, 5) is 77.5. The summed E-state index contributed by atoms with van der Waals surface area (Å²) in [5.41, 5.74) is 17.1. The van der Waals surface area contributed by atoms with Gasteiger partial charge in [0.2, 0.25) is 29.5 Å². The molecule has 17 heteroatoms. The highest BCUT2D eigenvalue weighted by molar-refractivity contribution is 5.96. The molecule has 17 nitrogen and oxygen atoms in total. The molecule has 0 radical (unpaired) electrons. The van der Waals surface area contributed by atoms with Crippen molar-refractivity contribution in [3.8, 4) is 0 Å². The average Bonchev–Trinajstić information content (AvgIpc) is 3.01. The maximum Gasteiger partial charge on any atom is 0.326 e. The molecule has 9 atom stereocenters. The number of aliphatic carboxylic acids is 1. The van der Waals surface area contributed by atoms with Gasteiger partial charge in [0.05, 0.1) is 18.2 Å². The molecule has 0 aromatic heterocycles. The Kier molecular flexibility index (Phi) is 21.4. The van der Waals surface area contributed by atoms with Gasteiger partial charge in [-0.15, -0.1) is 0 Å². The van der Waals surface area contributed by atoms with Crippen LogP contribution in [0, 0.1) is 11.8 Å². The highest BCUT2D eigenvalue weighted by atomic mass is 16.4. The number of nitrogens with two attached hydrogens (primary N) is 3. The van der Waals surface area contributed by atoms with Crippen LogP contribution in [0.25, 0.3) is 0 Å². The van der Waals surface area contributed by atoms with Gasteiger partial charge in [0.25, 0.3) is 0 Å². The highest BCUT2D eigenvalue weighted by Crippen LogP contribution is 2.12. The second-order valence-corrected chi connectivity index (χ2v) is 12.6. The Morgan fingerprint density at radius 3 is 1.40 bits per heavy atom. The van der Waals surface area contributed by atoms with Crippen molar-refractivity contribution in [1.29, 1.82) is 0 Å². The highest BCUT2D eigenvalue weighted by Gasteiger charge is 2.37. The summed E-state index contributed by atoms with van der Waals surface area (Å²) in [5, 5.41) is 42.4. The van der Waals surface area contributed by atoms with Gasteiger partial charge in [0, 0.05) is 0 Å². The van der Waals surface area contributed by atoms with Crippen molar-refractivity contribution in [2.45, 2.75) is 135 Å². The monoisotopic (exact) mass is 688 g/mol. The summed E-state index contributed by atoms with van der Waals surface area (Å²) in [6.45, 7) is 9.86. The number of hydrogen-bond donors (Lipinski definition) is 11. The van der Waals surface area contributed by atoms with Crippen LogP contribution in [0.4, 0.5) is 0 Å². The number of carbonyl (C=O) groups excluding carboxylic acids is 5. The van der Waals surface area contributed by atoms with Gasteiger partial charge in [-0.25, -0.2) is 4.79 Å². The van der Waals surface area contributed by atoms with Crippen LogP contribution in [-0.4, -0.2) is 112 Å². The van der Waals surface area contributed by atoms with Gasteiger partial charge >= 0.3 is 5.97 Å². The summed E-state index contributed by atoms with van der Waals surface area (Å²) >= 11 is 0. The first kappa shape index (κ1) is 44.6. The molecule has 0 spiro atoms. The molecule has 0 aliphatic heterocycles. The zero-order valence-electron chi connectivity index (χ0n) is 29.2. The summed E-state index contributed by atoms with van der Waals surface area (Å²) in [6.07, 6.45) is 0.454. The van der Waals surface area contributed by atoms with Crippen molar-refractivity contribution in [2.24, 2.45) is 29.0 Å². The van der Waals surface area contributed by atoms with E-state index >= 15 is 0 Å². The third kappa shape index (κ3) is 15.7. The Balaban J connectivity index is 5.98. The lowest BCUT2D eigenvalue weighted by molar-refractivity contribution is -0.144. The maximum atomic E-state index is 13.6. The van der Waals surface area contributed by atoms with Gasteiger partial charge in [-0.1, -0.05) is 40.5 Å². The molecule has 0 saturated heterocycles. The second-order valence-electron chi connectivity index (χ2n) is 12.6. The Morgan fingerprint density at radius 2 is 1.00 bits per heavy atom. The van der Waals surface area contributed by atoms with Crippen LogP contribution in [0.15, 0.2) is 0 Å². The number of unbranched alkanes of at least 4 members (excludes halogenated alkanes) is 2. The quantitative estimate of drug-likeness (QED) is 0.0471. The van der Waals surface area contributed by atoms with E-state index in [1.165, 1.54) is 13.8 Å². The van der Waals surface area contributed by atoms with Crippen LogP contribution in [0.1, 0.15) is 86.5 Å². The Bertz CT molecular complexity index is 1040. The lowest BCUT2D eigenvalue weighted by Gasteiger charge is -2.30. The van der Waals surface area contributed by atoms with E-state index in [9.17, 15) is 44.1 Å². The molecule has 5 amide bonds. The molecule has 0 bridgehead atoms. The lowest BCUT2D eigenvalue weighted by atomic mass is 9.96. The molecular formula is C31H60N8O9. The summed E-state index contributed by atoms with van der Waals surface area (Å²) in [6, 6.07) is -7.68. The van der Waals surface area contributed by atoms with Gasteiger partial charge < -0.3 is 59.1 Å². The normalized spacial score (nSPS) is 17.0. The van der Waals surface area contributed by atoms with E-state index in [0.29, 0.717) is 51.6 Å². The summed E-state index contributed by atoms with van der Waals surface area (Å²) in [7, 11) is 0. The predicted molar refractivity (Wildman–Crippen MR) is 179 cm³/mol. The van der Waals surface area contributed by atoms with Crippen molar-refractivity contribution in [1.82, 2.24) is 26.6 Å². The first-order valence-electron chi connectivity index (χ1n) is 16.7. The third-order valence-electron chi connectivity index (χ3n) is 8.03. The van der Waals surface area contributed by atoms with Gasteiger partial charge in [-0.3, -0.25) is 24.0 Å². The topological polar surface area (TPSA) is 301 Å². The number of nitrogens with one attached hydrogen (secondary N) is 5. The van der Waals surface area contributed by atoms with Gasteiger partial charge in [0.1, 0.15) is 30.2 Å². The van der Waals surface area contributed by atoms with Crippen molar-refractivity contribution >= 4 is 35.5 Å². The molecule has 14 N–H and O–H groups in total. The van der Waals surface area contributed by atoms with Crippen LogP contribution in [-0.2, 0) is 28.8 Å². The van der Waals surface area contributed by atoms with E-state index in [0.717, 1.165) is 0 Å². The molecule has 278 valence electrons. The van der Waals surface area contributed by atoms with E-state index in [1.807, 2.05) is 0 Å². The number of aliphatic hydroxyl groups excluding tert-OH is 2. The van der Waals surface area contributed by atoms with Crippen LogP contribution in [0.2, 0.25) is 0 Å². The Morgan fingerprint density at radius 1 is 0.583 bits per heavy atom. The van der Waals surface area contributed by atoms with Crippen LogP contribution in [0.3, 0.4) is 0 Å². The zero-order chi connectivity index (χ0) is 37.1. The van der Waals surface area contributed by atoms with Crippen molar-refractivity contribution < 1.29 is 44.1 Å². The van der Waals surface area contributed by atoms with Crippen molar-refractivity contribution in [2.75, 3.05) is 13.1 Å². The fourth-order valence-corrected chi connectivity index (χ4v) is 4.69. The largest absolute Gasteiger partial charge is 0.480 e. The fraction of sp³-hybridized carbons (Fsp3) is 0.806. The summed E-state index contributed by atoms with van der Waals surface area (Å²) < 4.78 is 0. The number of rotatable bonds is 24. The van der Waals surface area contributed by atoms with E-state index in [2.05, 4.69) is 26.6 Å². The SMILES string of the molecule is CC[C@H](C)[C@H](NC(=O)[C@H](CCCCN)NC(=O)[C@@H](N)CCCCN)C(=O)N[C@H](C(=O)N[C@H](C(=O)N[C@H](C(=O)O)C(C)C)[C@@H](C)O)[C@@H](C)O. The molecule has 48 heavy (non-hydrogen) atoms. The molecule has 0 heterocycles. The maximum absolute atomic E-state index is 13.6. The van der Waals surface area contributed by atoms with E-state index in [1.54, 1.807) is 27.7 Å². The first-order chi connectivity index (χ1) is 22.4. The van der Waals surface area contributed by atoms with Crippen LogP contribution in [0.5, 0.6) is 0 Å².